The fourth-order valence-electron chi connectivity index (χ4n) is 0.805. The Morgan fingerprint density at radius 1 is 1.67 bits per heavy atom. The minimum atomic E-state index is -1.34. The van der Waals surface area contributed by atoms with E-state index in [1.54, 1.807) is 13.1 Å². The van der Waals surface area contributed by atoms with Crippen LogP contribution in [0.25, 0.3) is 0 Å². The first kappa shape index (κ1) is 9.27. The molecule has 64 valence electrons. The Morgan fingerprint density at radius 3 is 2.75 bits per heavy atom. The Kier molecular flexibility index (Phi) is 3.30. The molecule has 3 nitrogen and oxygen atoms in total. The molecule has 0 aromatic rings. The third kappa shape index (κ3) is 2.35. The third-order valence-corrected chi connectivity index (χ3v) is 3.49. The molecule has 0 radical (unpaired) electrons. The zero-order chi connectivity index (χ0) is 8.97. The second-order valence-corrected chi connectivity index (χ2v) is 4.45. The largest absolute Gasteiger partial charge is 0.401 e. The second kappa shape index (κ2) is 4.27. The highest BCUT2D eigenvalue weighted by molar-refractivity contribution is 7.50. The van der Waals surface area contributed by atoms with Gasteiger partial charge in [0.1, 0.15) is 0 Å². The molecule has 1 saturated carbocycles. The maximum absolute atomic E-state index is 11.5. The van der Waals surface area contributed by atoms with Crippen LogP contribution in [0, 0.1) is 0 Å². The van der Waals surface area contributed by atoms with Crippen LogP contribution in [-0.2, 0) is 4.57 Å². The summed E-state index contributed by atoms with van der Waals surface area (Å²) in [5.41, 5.74) is 0.870. The summed E-state index contributed by atoms with van der Waals surface area (Å²) < 4.78 is 11.5. The number of nitrogens with zero attached hydrogens (tertiary/aromatic N) is 2. The summed E-state index contributed by atoms with van der Waals surface area (Å²) in [6.45, 7) is 5.18. The van der Waals surface area contributed by atoms with Crippen LogP contribution in [0.15, 0.2) is 21.6 Å². The molecule has 0 bridgehead atoms. The van der Waals surface area contributed by atoms with Gasteiger partial charge >= 0.3 is 7.80 Å². The summed E-state index contributed by atoms with van der Waals surface area (Å²) >= 11 is 0. The summed E-state index contributed by atoms with van der Waals surface area (Å²) in [6, 6.07) is 0. The van der Waals surface area contributed by atoms with Crippen molar-refractivity contribution in [1.82, 2.24) is 0 Å². The standard InChI is InChI=1S/C8H12N2OP/c1-3-10-6-8(9-2)12(11)7-4-5-7/h3,6-7H,2,4-5H2,1H3/q+1/b8-6+,10-3?. The minimum Gasteiger partial charge on any atom is -0.263 e. The maximum Gasteiger partial charge on any atom is 0.401 e. The first-order valence-corrected chi connectivity index (χ1v) is 5.23. The zero-order valence-electron chi connectivity index (χ0n) is 7.10. The van der Waals surface area contributed by atoms with Crippen molar-refractivity contribution >= 4 is 20.7 Å². The maximum atomic E-state index is 11.5. The van der Waals surface area contributed by atoms with Gasteiger partial charge in [0.05, 0.1) is 6.20 Å². The zero-order valence-corrected chi connectivity index (χ0v) is 8.00. The molecule has 0 saturated heterocycles. The van der Waals surface area contributed by atoms with Gasteiger partial charge in [-0.15, -0.1) is 0 Å². The highest BCUT2D eigenvalue weighted by Gasteiger charge is 2.44. The molecular weight excluding hydrogens is 171 g/mol. The monoisotopic (exact) mass is 183 g/mol. The molecule has 0 aromatic heterocycles. The van der Waals surface area contributed by atoms with Crippen molar-refractivity contribution in [3.63, 3.8) is 0 Å². The Balaban J connectivity index is 2.65. The summed E-state index contributed by atoms with van der Waals surface area (Å²) in [4.78, 5) is 7.57. The van der Waals surface area contributed by atoms with Crippen LogP contribution in [0.3, 0.4) is 0 Å². The summed E-state index contributed by atoms with van der Waals surface area (Å²) in [7, 11) is -1.34. The molecule has 0 N–H and O–H groups in total. The van der Waals surface area contributed by atoms with Crippen molar-refractivity contribution < 1.29 is 4.57 Å². The lowest BCUT2D eigenvalue weighted by molar-refractivity contribution is 0.590. The van der Waals surface area contributed by atoms with Crippen molar-refractivity contribution in [3.8, 4) is 0 Å². The fraction of sp³-hybridized carbons (Fsp3) is 0.500. The first-order valence-electron chi connectivity index (χ1n) is 3.90. The predicted octanol–water partition coefficient (Wildman–Crippen LogP) is 2.57. The quantitative estimate of drug-likeness (QED) is 0.487. The van der Waals surface area contributed by atoms with Gasteiger partial charge in [0, 0.05) is 6.21 Å². The van der Waals surface area contributed by atoms with Crippen molar-refractivity contribution in [2.75, 3.05) is 0 Å². The third-order valence-electron chi connectivity index (χ3n) is 1.61. The van der Waals surface area contributed by atoms with E-state index in [1.807, 2.05) is 0 Å². The Morgan fingerprint density at radius 2 is 2.33 bits per heavy atom. The lowest BCUT2D eigenvalue weighted by atomic mass is 10.8. The van der Waals surface area contributed by atoms with Crippen molar-refractivity contribution in [2.45, 2.75) is 25.4 Å². The normalized spacial score (nSPS) is 19.8. The summed E-state index contributed by atoms with van der Waals surface area (Å²) in [5, 5.41) is 0. The summed E-state index contributed by atoms with van der Waals surface area (Å²) in [5.74, 6) is 0. The van der Waals surface area contributed by atoms with E-state index in [0.717, 1.165) is 12.8 Å². The van der Waals surface area contributed by atoms with Gasteiger partial charge in [-0.2, -0.15) is 0 Å². The van der Waals surface area contributed by atoms with Crippen LogP contribution in [0.5, 0.6) is 0 Å². The van der Waals surface area contributed by atoms with Crippen LogP contribution in [0.4, 0.5) is 0 Å². The highest BCUT2D eigenvalue weighted by Crippen LogP contribution is 2.50. The van der Waals surface area contributed by atoms with E-state index < -0.39 is 7.80 Å². The Bertz CT molecular complexity index is 254. The van der Waals surface area contributed by atoms with Gasteiger partial charge in [0.15, 0.2) is 5.66 Å². The topological polar surface area (TPSA) is 41.8 Å². The smallest absolute Gasteiger partial charge is 0.263 e. The van der Waals surface area contributed by atoms with Gasteiger partial charge in [-0.1, -0.05) is 4.57 Å². The Labute approximate surface area is 73.1 Å². The van der Waals surface area contributed by atoms with Crippen molar-refractivity contribution in [1.29, 1.82) is 0 Å². The number of rotatable bonds is 4. The van der Waals surface area contributed by atoms with Crippen molar-refractivity contribution in [2.24, 2.45) is 9.98 Å². The number of hydrogen-bond acceptors (Lipinski definition) is 3. The molecule has 1 fully saturated rings. The van der Waals surface area contributed by atoms with E-state index >= 15 is 0 Å². The van der Waals surface area contributed by atoms with Crippen molar-refractivity contribution in [3.05, 3.63) is 11.6 Å². The molecular formula is C8H12N2OP+. The lowest BCUT2D eigenvalue weighted by Gasteiger charge is -1.81. The molecule has 1 rings (SSSR count). The van der Waals surface area contributed by atoms with E-state index in [4.69, 9.17) is 0 Å². The van der Waals surface area contributed by atoms with Crippen LogP contribution in [0.2, 0.25) is 0 Å². The molecule has 12 heavy (non-hydrogen) atoms. The molecule has 1 atom stereocenters. The molecule has 4 heteroatoms. The molecule has 1 aliphatic rings. The van der Waals surface area contributed by atoms with E-state index in [0.29, 0.717) is 11.1 Å². The molecule has 0 heterocycles. The molecule has 0 aromatic carbocycles. The van der Waals surface area contributed by atoms with Gasteiger partial charge in [-0.25, -0.2) is 4.99 Å². The van der Waals surface area contributed by atoms with Crippen LogP contribution < -0.4 is 0 Å². The van der Waals surface area contributed by atoms with E-state index in [2.05, 4.69) is 16.7 Å². The fourth-order valence-corrected chi connectivity index (χ4v) is 2.12. The highest BCUT2D eigenvalue weighted by atomic mass is 31.1. The molecule has 0 aliphatic heterocycles. The Hall–Kier alpha value is -0.820. The predicted molar refractivity (Wildman–Crippen MR) is 52.4 cm³/mol. The first-order chi connectivity index (χ1) is 5.79. The summed E-state index contributed by atoms with van der Waals surface area (Å²) in [6.07, 6.45) is 5.28. The van der Waals surface area contributed by atoms with Gasteiger partial charge in [-0.05, 0) is 26.5 Å². The lowest BCUT2D eigenvalue weighted by Crippen LogP contribution is -1.75. The average molecular weight is 183 g/mol. The van der Waals surface area contributed by atoms with Gasteiger partial charge < -0.3 is 0 Å². The number of aliphatic imine (C=N–C) groups is 2. The second-order valence-electron chi connectivity index (χ2n) is 2.61. The molecule has 0 spiro atoms. The number of hydrogen-bond donors (Lipinski definition) is 0. The molecule has 1 aliphatic carbocycles. The SMILES string of the molecule is C=N/C(=C\N=CC)[P+](=O)C1CC1. The van der Waals surface area contributed by atoms with E-state index in [1.165, 1.54) is 6.20 Å². The van der Waals surface area contributed by atoms with Gasteiger partial charge in [0.25, 0.3) is 5.44 Å². The molecule has 1 unspecified atom stereocenters. The van der Waals surface area contributed by atoms with Crippen LogP contribution in [0.1, 0.15) is 19.8 Å². The minimum absolute atomic E-state index is 0.337. The van der Waals surface area contributed by atoms with Gasteiger partial charge in [0.2, 0.25) is 0 Å². The van der Waals surface area contributed by atoms with E-state index in [-0.39, 0.29) is 0 Å². The van der Waals surface area contributed by atoms with Crippen LogP contribution in [-0.4, -0.2) is 18.6 Å². The average Bonchev–Trinajstić information content (AvgIpc) is 2.88. The molecule has 0 amide bonds. The van der Waals surface area contributed by atoms with Crippen LogP contribution >= 0.6 is 7.80 Å². The van der Waals surface area contributed by atoms with E-state index in [9.17, 15) is 4.57 Å². The van der Waals surface area contributed by atoms with Gasteiger partial charge in [-0.3, -0.25) is 4.99 Å².